The summed E-state index contributed by atoms with van der Waals surface area (Å²) in [5.74, 6) is -0.777. The lowest BCUT2D eigenvalue weighted by Crippen LogP contribution is -2.43. The first-order valence-electron chi connectivity index (χ1n) is 5.76. The maximum Gasteiger partial charge on any atom is 0.328 e. The summed E-state index contributed by atoms with van der Waals surface area (Å²) in [4.78, 5) is 23.2. The Morgan fingerprint density at radius 1 is 1.37 bits per heavy atom. The summed E-state index contributed by atoms with van der Waals surface area (Å²) in [6, 6.07) is 5.61. The van der Waals surface area contributed by atoms with Crippen molar-refractivity contribution in [2.24, 2.45) is 0 Å². The molecule has 2 N–H and O–H groups in total. The third kappa shape index (κ3) is 4.46. The number of methoxy groups -OCH3 is 1. The van der Waals surface area contributed by atoms with Gasteiger partial charge in [-0.1, -0.05) is 18.7 Å². The van der Waals surface area contributed by atoms with Gasteiger partial charge in [0.15, 0.2) is 0 Å². The van der Waals surface area contributed by atoms with Crippen molar-refractivity contribution in [2.75, 3.05) is 7.11 Å². The quantitative estimate of drug-likeness (QED) is 0.617. The zero-order valence-corrected chi connectivity index (χ0v) is 11.0. The van der Waals surface area contributed by atoms with Crippen LogP contribution in [0.5, 0.6) is 5.75 Å². The summed E-state index contributed by atoms with van der Waals surface area (Å²) in [7, 11) is 1.26. The number of phenols is 1. The van der Waals surface area contributed by atoms with Crippen molar-refractivity contribution in [1.29, 1.82) is 0 Å². The van der Waals surface area contributed by atoms with Gasteiger partial charge in [0, 0.05) is 12.0 Å². The fraction of sp³-hybridized carbons (Fsp3) is 0.286. The average molecular weight is 263 g/mol. The monoisotopic (exact) mass is 263 g/mol. The fourth-order valence-electron chi connectivity index (χ4n) is 1.48. The first-order chi connectivity index (χ1) is 8.93. The number of carbonyl (C=O) groups excluding carboxylic acids is 2. The molecular weight excluding hydrogens is 246 g/mol. The van der Waals surface area contributed by atoms with Crippen LogP contribution >= 0.6 is 0 Å². The van der Waals surface area contributed by atoms with Gasteiger partial charge in [0.25, 0.3) is 0 Å². The van der Waals surface area contributed by atoms with Crippen molar-refractivity contribution < 1.29 is 19.4 Å². The van der Waals surface area contributed by atoms with Crippen molar-refractivity contribution in [3.8, 4) is 5.75 Å². The number of rotatable bonds is 5. The molecule has 0 heterocycles. The molecule has 0 radical (unpaired) electrons. The van der Waals surface area contributed by atoms with Crippen LogP contribution in [0.3, 0.4) is 0 Å². The molecule has 102 valence electrons. The Hall–Kier alpha value is -2.30. The van der Waals surface area contributed by atoms with Gasteiger partial charge in [-0.05, 0) is 24.6 Å². The van der Waals surface area contributed by atoms with E-state index in [9.17, 15) is 14.7 Å². The molecule has 0 aliphatic heterocycles. The minimum Gasteiger partial charge on any atom is -0.508 e. The molecule has 0 saturated heterocycles. The van der Waals surface area contributed by atoms with Crippen LogP contribution < -0.4 is 5.32 Å². The highest BCUT2D eigenvalue weighted by Crippen LogP contribution is 2.12. The topological polar surface area (TPSA) is 75.6 Å². The zero-order chi connectivity index (χ0) is 14.4. The van der Waals surface area contributed by atoms with E-state index in [1.54, 1.807) is 19.1 Å². The van der Waals surface area contributed by atoms with Crippen molar-refractivity contribution in [1.82, 2.24) is 5.32 Å². The van der Waals surface area contributed by atoms with Crippen LogP contribution in [0.15, 0.2) is 36.4 Å². The van der Waals surface area contributed by atoms with Crippen molar-refractivity contribution in [3.63, 3.8) is 0 Å². The molecule has 0 bridgehead atoms. The van der Waals surface area contributed by atoms with Crippen LogP contribution in [-0.4, -0.2) is 30.1 Å². The summed E-state index contributed by atoms with van der Waals surface area (Å²) >= 11 is 0. The first kappa shape index (κ1) is 14.8. The maximum atomic E-state index is 11.6. The highest BCUT2D eigenvalue weighted by atomic mass is 16.5. The number of benzene rings is 1. The highest BCUT2D eigenvalue weighted by molar-refractivity contribution is 5.95. The molecule has 1 amide bonds. The molecule has 0 saturated carbocycles. The average Bonchev–Trinajstić information content (AvgIpc) is 2.39. The molecule has 0 spiro atoms. The molecule has 0 aliphatic rings. The van der Waals surface area contributed by atoms with Crippen molar-refractivity contribution >= 4 is 11.9 Å². The Bertz CT molecular complexity index is 479. The number of hydrogen-bond donors (Lipinski definition) is 2. The van der Waals surface area contributed by atoms with E-state index in [2.05, 4.69) is 16.6 Å². The molecule has 5 nitrogen and oxygen atoms in total. The Kier molecular flexibility index (Phi) is 5.11. The van der Waals surface area contributed by atoms with Gasteiger partial charge >= 0.3 is 5.97 Å². The lowest BCUT2D eigenvalue weighted by Gasteiger charge is -2.16. The highest BCUT2D eigenvalue weighted by Gasteiger charge is 2.22. The summed E-state index contributed by atoms with van der Waals surface area (Å²) < 4.78 is 4.66. The fourth-order valence-corrected chi connectivity index (χ4v) is 1.48. The number of carbonyl (C=O) groups is 2. The number of phenolic OH excluding ortho intramolecular Hbond substituents is 1. The predicted octanol–water partition coefficient (Wildman–Crippen LogP) is 1.17. The normalized spacial score (nSPS) is 11.5. The van der Waals surface area contributed by atoms with Gasteiger partial charge in [0.1, 0.15) is 11.8 Å². The number of esters is 1. The SMILES string of the molecule is C=C(C)C(=O)NC(Cc1ccc(O)cc1)C(=O)OC. The molecular formula is C14H17NO4. The van der Waals surface area contributed by atoms with Gasteiger partial charge in [0.2, 0.25) is 5.91 Å². The third-order valence-corrected chi connectivity index (χ3v) is 2.55. The Labute approximate surface area is 111 Å². The molecule has 0 aromatic heterocycles. The molecule has 1 unspecified atom stereocenters. The number of amides is 1. The van der Waals surface area contributed by atoms with Crippen LogP contribution in [0.1, 0.15) is 12.5 Å². The van der Waals surface area contributed by atoms with E-state index in [1.807, 2.05) is 0 Å². The predicted molar refractivity (Wildman–Crippen MR) is 70.6 cm³/mol. The Morgan fingerprint density at radius 3 is 2.42 bits per heavy atom. The van der Waals surface area contributed by atoms with Crippen LogP contribution in [-0.2, 0) is 20.7 Å². The number of hydrogen-bond acceptors (Lipinski definition) is 4. The lowest BCUT2D eigenvalue weighted by molar-refractivity contribution is -0.144. The third-order valence-electron chi connectivity index (χ3n) is 2.55. The van der Waals surface area contributed by atoms with Crippen LogP contribution in [0.2, 0.25) is 0 Å². The second-order valence-corrected chi connectivity index (χ2v) is 4.20. The summed E-state index contributed by atoms with van der Waals surface area (Å²) in [5, 5.41) is 11.7. The van der Waals surface area contributed by atoms with E-state index in [0.29, 0.717) is 5.57 Å². The van der Waals surface area contributed by atoms with E-state index in [0.717, 1.165) is 5.56 Å². The van der Waals surface area contributed by atoms with Gasteiger partial charge in [-0.3, -0.25) is 4.79 Å². The van der Waals surface area contributed by atoms with E-state index in [4.69, 9.17) is 0 Å². The van der Waals surface area contributed by atoms with E-state index < -0.39 is 17.9 Å². The van der Waals surface area contributed by atoms with Gasteiger partial charge in [-0.2, -0.15) is 0 Å². The van der Waals surface area contributed by atoms with Crippen LogP contribution in [0, 0.1) is 0 Å². The van der Waals surface area contributed by atoms with E-state index in [-0.39, 0.29) is 12.2 Å². The van der Waals surface area contributed by atoms with Crippen LogP contribution in [0.25, 0.3) is 0 Å². The molecule has 1 rings (SSSR count). The Balaban J connectivity index is 2.80. The van der Waals surface area contributed by atoms with E-state index in [1.165, 1.54) is 19.2 Å². The minimum absolute atomic E-state index is 0.143. The maximum absolute atomic E-state index is 11.6. The number of nitrogens with one attached hydrogen (secondary N) is 1. The van der Waals surface area contributed by atoms with Gasteiger partial charge < -0.3 is 15.2 Å². The molecule has 1 atom stereocenters. The molecule has 5 heteroatoms. The van der Waals surface area contributed by atoms with Gasteiger partial charge in [-0.25, -0.2) is 4.79 Å². The standard InChI is InChI=1S/C14H17NO4/c1-9(2)13(17)15-12(14(18)19-3)8-10-4-6-11(16)7-5-10/h4-7,12,16H,1,8H2,2-3H3,(H,15,17). The molecule has 1 aromatic rings. The molecule has 0 aliphatic carbocycles. The van der Waals surface area contributed by atoms with Gasteiger partial charge in [0.05, 0.1) is 7.11 Å². The first-order valence-corrected chi connectivity index (χ1v) is 5.76. The summed E-state index contributed by atoms with van der Waals surface area (Å²) in [6.07, 6.45) is 0.284. The summed E-state index contributed by atoms with van der Waals surface area (Å²) in [6.45, 7) is 5.07. The Morgan fingerprint density at radius 2 is 1.95 bits per heavy atom. The molecule has 1 aromatic carbocycles. The largest absolute Gasteiger partial charge is 0.508 e. The van der Waals surface area contributed by atoms with E-state index >= 15 is 0 Å². The minimum atomic E-state index is -0.779. The smallest absolute Gasteiger partial charge is 0.328 e. The van der Waals surface area contributed by atoms with Crippen LogP contribution in [0.4, 0.5) is 0 Å². The second-order valence-electron chi connectivity index (χ2n) is 4.20. The van der Waals surface area contributed by atoms with Crippen molar-refractivity contribution in [3.05, 3.63) is 42.0 Å². The molecule has 19 heavy (non-hydrogen) atoms. The van der Waals surface area contributed by atoms with Gasteiger partial charge in [-0.15, -0.1) is 0 Å². The number of aromatic hydroxyl groups is 1. The number of ether oxygens (including phenoxy) is 1. The second kappa shape index (κ2) is 6.58. The van der Waals surface area contributed by atoms with Crippen molar-refractivity contribution in [2.45, 2.75) is 19.4 Å². The summed E-state index contributed by atoms with van der Waals surface area (Å²) in [5.41, 5.74) is 1.12. The zero-order valence-electron chi connectivity index (χ0n) is 11.0. The molecule has 0 fully saturated rings. The lowest BCUT2D eigenvalue weighted by atomic mass is 10.1.